The number of alkyl halides is 2. The summed E-state index contributed by atoms with van der Waals surface area (Å²) in [5.74, 6) is -3.52. The molecule has 3 rings (SSSR count). The number of amides is 3. The van der Waals surface area contributed by atoms with Gasteiger partial charge in [0, 0.05) is 38.0 Å². The van der Waals surface area contributed by atoms with Crippen LogP contribution < -0.4 is 10.6 Å². The third-order valence-electron chi connectivity index (χ3n) is 4.00. The van der Waals surface area contributed by atoms with Crippen molar-refractivity contribution in [1.82, 2.24) is 14.3 Å². The van der Waals surface area contributed by atoms with Gasteiger partial charge in [-0.15, -0.1) is 0 Å². The molecule has 9 heteroatoms. The molecule has 2 aromatic heterocycles. The van der Waals surface area contributed by atoms with Gasteiger partial charge in [0.2, 0.25) is 5.91 Å². The topological polar surface area (TPSA) is 83.9 Å². The second-order valence-electron chi connectivity index (χ2n) is 6.01. The second-order valence-corrected chi connectivity index (χ2v) is 6.01. The Morgan fingerprint density at radius 3 is 2.50 bits per heavy atom. The zero-order chi connectivity index (χ0) is 17.8. The molecule has 3 amide bonds. The maximum atomic E-state index is 13.8. The fraction of sp³-hybridized carbons (Fsp3) is 0.400. The van der Waals surface area contributed by atoms with Crippen molar-refractivity contribution >= 4 is 23.3 Å². The number of aromatic nitrogens is 2. The number of imide groups is 1. The van der Waals surface area contributed by atoms with E-state index in [1.807, 2.05) is 0 Å². The lowest BCUT2D eigenvalue weighted by Gasteiger charge is -2.19. The number of carbonyl (C=O) groups excluding carboxylic acids is 2. The number of hydrogen-bond donors (Lipinski definition) is 1. The quantitative estimate of drug-likeness (QED) is 0.867. The third-order valence-corrected chi connectivity index (χ3v) is 4.00. The number of hydrogen-bond acceptors (Lipinski definition) is 4. The zero-order valence-electron chi connectivity index (χ0n) is 13.5. The number of rotatable bonds is 3. The first kappa shape index (κ1) is 16.3. The highest BCUT2D eigenvalue weighted by molar-refractivity contribution is 6.13. The fourth-order valence-electron chi connectivity index (χ4n) is 2.54. The largest absolute Gasteiger partial charge is 0.331 e. The van der Waals surface area contributed by atoms with Crippen molar-refractivity contribution in [2.75, 3.05) is 18.5 Å². The normalized spacial score (nSPS) is 17.2. The van der Waals surface area contributed by atoms with Gasteiger partial charge in [-0.1, -0.05) is 0 Å². The smallest absolute Gasteiger partial charge is 0.323 e. The van der Waals surface area contributed by atoms with Crippen LogP contribution in [0.25, 0.3) is 5.65 Å². The summed E-state index contributed by atoms with van der Waals surface area (Å²) < 4.78 is 29.1. The molecule has 0 aromatic carbocycles. The summed E-state index contributed by atoms with van der Waals surface area (Å²) in [5, 5.41) is 0. The standard InChI is InChI=1S/C15H17F2N5O2/c1-8(18)10-6-21-5-9(15(2,16)17)4-11(13(21)19-10)22-7-12(23)20(3)14(22)24/h4-6,8H,7,18H2,1-3H3/t8-/m1/s1. The zero-order valence-corrected chi connectivity index (χ0v) is 13.5. The molecule has 1 atom stereocenters. The second kappa shape index (κ2) is 5.23. The van der Waals surface area contributed by atoms with Gasteiger partial charge in [-0.05, 0) is 13.0 Å². The van der Waals surface area contributed by atoms with Crippen molar-refractivity contribution in [3.63, 3.8) is 0 Å². The first-order chi connectivity index (χ1) is 11.1. The minimum Gasteiger partial charge on any atom is -0.323 e. The van der Waals surface area contributed by atoms with Crippen LogP contribution >= 0.6 is 0 Å². The average molecular weight is 337 g/mol. The number of carbonyl (C=O) groups is 2. The highest BCUT2D eigenvalue weighted by Crippen LogP contribution is 2.34. The van der Waals surface area contributed by atoms with Gasteiger partial charge in [-0.25, -0.2) is 18.6 Å². The molecule has 0 unspecified atom stereocenters. The van der Waals surface area contributed by atoms with E-state index in [9.17, 15) is 18.4 Å². The van der Waals surface area contributed by atoms with Crippen LogP contribution in [0.1, 0.15) is 31.1 Å². The summed E-state index contributed by atoms with van der Waals surface area (Å²) in [7, 11) is 1.35. The summed E-state index contributed by atoms with van der Waals surface area (Å²) in [6, 6.07) is 0.211. The van der Waals surface area contributed by atoms with Gasteiger partial charge in [-0.2, -0.15) is 0 Å². The average Bonchev–Trinajstić information content (AvgIpc) is 3.02. The lowest BCUT2D eigenvalue weighted by Crippen LogP contribution is -2.30. The molecule has 0 bridgehead atoms. The predicted octanol–water partition coefficient (Wildman–Crippen LogP) is 1.86. The van der Waals surface area contributed by atoms with Crippen molar-refractivity contribution in [1.29, 1.82) is 0 Å². The molecular formula is C15H17F2N5O2. The highest BCUT2D eigenvalue weighted by atomic mass is 19.3. The first-order valence-corrected chi connectivity index (χ1v) is 7.34. The van der Waals surface area contributed by atoms with Crippen LogP contribution in [0.5, 0.6) is 0 Å². The van der Waals surface area contributed by atoms with E-state index in [2.05, 4.69) is 4.98 Å². The van der Waals surface area contributed by atoms with Crippen LogP contribution in [0.2, 0.25) is 0 Å². The van der Waals surface area contributed by atoms with E-state index in [0.717, 1.165) is 16.7 Å². The van der Waals surface area contributed by atoms with Gasteiger partial charge in [0.05, 0.1) is 11.4 Å². The van der Waals surface area contributed by atoms with Crippen LogP contribution in [-0.4, -0.2) is 39.8 Å². The molecule has 7 nitrogen and oxygen atoms in total. The predicted molar refractivity (Wildman–Crippen MR) is 82.9 cm³/mol. The lowest BCUT2D eigenvalue weighted by molar-refractivity contribution is -0.123. The lowest BCUT2D eigenvalue weighted by atomic mass is 10.1. The number of halogens is 2. The van der Waals surface area contributed by atoms with Crippen LogP contribution in [-0.2, 0) is 10.7 Å². The summed E-state index contributed by atoms with van der Waals surface area (Å²) in [6.45, 7) is 2.27. The molecule has 0 aliphatic carbocycles. The molecule has 1 fully saturated rings. The van der Waals surface area contributed by atoms with Crippen molar-refractivity contribution in [2.45, 2.75) is 25.8 Å². The Balaban J connectivity index is 2.24. The fourth-order valence-corrected chi connectivity index (χ4v) is 2.54. The van der Waals surface area contributed by atoms with Gasteiger partial charge in [0.15, 0.2) is 5.65 Å². The van der Waals surface area contributed by atoms with E-state index < -0.39 is 23.9 Å². The molecule has 0 spiro atoms. The number of pyridine rings is 1. The molecule has 2 aromatic rings. The van der Waals surface area contributed by atoms with Gasteiger partial charge < -0.3 is 10.1 Å². The molecule has 1 aliphatic rings. The summed E-state index contributed by atoms with van der Waals surface area (Å²) in [4.78, 5) is 30.4. The maximum absolute atomic E-state index is 13.8. The van der Waals surface area contributed by atoms with Crippen molar-refractivity contribution in [3.8, 4) is 0 Å². The van der Waals surface area contributed by atoms with Crippen LogP contribution in [0.4, 0.5) is 19.3 Å². The number of nitrogens with two attached hydrogens (primary N) is 1. The number of fused-ring (bicyclic) bond motifs is 1. The molecule has 1 saturated heterocycles. The van der Waals surface area contributed by atoms with Gasteiger partial charge in [0.1, 0.15) is 6.54 Å². The molecule has 0 radical (unpaired) electrons. The van der Waals surface area contributed by atoms with E-state index in [-0.39, 0.29) is 17.8 Å². The van der Waals surface area contributed by atoms with Gasteiger partial charge >= 0.3 is 6.03 Å². The van der Waals surface area contributed by atoms with E-state index in [1.54, 1.807) is 13.1 Å². The molecule has 1 aliphatic heterocycles. The van der Waals surface area contributed by atoms with Gasteiger partial charge in [-0.3, -0.25) is 14.6 Å². The third kappa shape index (κ3) is 2.50. The number of urea groups is 1. The summed E-state index contributed by atoms with van der Waals surface area (Å²) >= 11 is 0. The van der Waals surface area contributed by atoms with Gasteiger partial charge in [0.25, 0.3) is 5.92 Å². The molecule has 3 heterocycles. The molecule has 128 valence electrons. The molecular weight excluding hydrogens is 320 g/mol. The maximum Gasteiger partial charge on any atom is 0.331 e. The van der Waals surface area contributed by atoms with E-state index in [0.29, 0.717) is 11.3 Å². The minimum absolute atomic E-state index is 0.156. The first-order valence-electron chi connectivity index (χ1n) is 7.34. The Hall–Kier alpha value is -2.55. The van der Waals surface area contributed by atoms with Crippen LogP contribution in [0.3, 0.4) is 0 Å². The Labute approximate surface area is 136 Å². The van der Waals surface area contributed by atoms with E-state index >= 15 is 0 Å². The SMILES string of the molecule is C[C@@H](N)c1cn2cc(C(C)(F)F)cc(N3CC(=O)N(C)C3=O)c2n1. The minimum atomic E-state index is -3.11. The monoisotopic (exact) mass is 337 g/mol. The molecule has 24 heavy (non-hydrogen) atoms. The molecule has 2 N–H and O–H groups in total. The Morgan fingerprint density at radius 2 is 2.00 bits per heavy atom. The van der Waals surface area contributed by atoms with Crippen LogP contribution in [0.15, 0.2) is 18.5 Å². The number of anilines is 1. The number of likely N-dealkylation sites (N-methyl/N-ethyl adjacent to an activating group) is 1. The Bertz CT molecular complexity index is 840. The highest BCUT2D eigenvalue weighted by Gasteiger charge is 2.37. The van der Waals surface area contributed by atoms with Crippen molar-refractivity contribution < 1.29 is 18.4 Å². The van der Waals surface area contributed by atoms with E-state index in [1.165, 1.54) is 23.7 Å². The molecule has 0 saturated carbocycles. The Morgan fingerprint density at radius 1 is 1.33 bits per heavy atom. The van der Waals surface area contributed by atoms with E-state index in [4.69, 9.17) is 5.73 Å². The number of imidazole rings is 1. The number of nitrogens with zero attached hydrogens (tertiary/aromatic N) is 4. The van der Waals surface area contributed by atoms with Crippen molar-refractivity contribution in [3.05, 3.63) is 29.7 Å². The summed E-state index contributed by atoms with van der Waals surface area (Å²) in [6.07, 6.45) is 2.80. The Kier molecular flexibility index (Phi) is 3.56. The summed E-state index contributed by atoms with van der Waals surface area (Å²) in [5.41, 5.74) is 6.48. The van der Waals surface area contributed by atoms with Crippen LogP contribution in [0, 0.1) is 0 Å². The van der Waals surface area contributed by atoms with Crippen molar-refractivity contribution in [2.24, 2.45) is 5.73 Å².